The van der Waals surface area contributed by atoms with Gasteiger partial charge in [0.15, 0.2) is 11.6 Å². The number of carbonyl (C=O) groups excluding carboxylic acids is 2. The minimum absolute atomic E-state index is 0.166. The van der Waals surface area contributed by atoms with Crippen LogP contribution in [0.2, 0.25) is 0 Å². The van der Waals surface area contributed by atoms with Gasteiger partial charge in [0.25, 0.3) is 0 Å². The second kappa shape index (κ2) is 20.3. The summed E-state index contributed by atoms with van der Waals surface area (Å²) >= 11 is 0. The predicted molar refractivity (Wildman–Crippen MR) is 278 cm³/mol. The minimum Gasteiger partial charge on any atom is -0.489 e. The Morgan fingerprint density at radius 2 is 0.861 bits per heavy atom. The summed E-state index contributed by atoms with van der Waals surface area (Å²) in [6, 6.07) is 37.4. The number of carbonyl (C=O) groups is 2. The number of aromatic nitrogens is 8. The molecule has 12 rings (SSSR count). The number of nitrogens with one attached hydrogen (secondary N) is 2. The van der Waals surface area contributed by atoms with Crippen LogP contribution in [0.3, 0.4) is 0 Å². The summed E-state index contributed by atoms with van der Waals surface area (Å²) in [5.74, 6) is 5.11. The Kier molecular flexibility index (Phi) is 13.2. The van der Waals surface area contributed by atoms with E-state index in [0.29, 0.717) is 48.3 Å². The molecule has 0 aliphatic heterocycles. The van der Waals surface area contributed by atoms with Crippen LogP contribution in [0.5, 0.6) is 11.5 Å². The maximum atomic E-state index is 13.3. The SMILES string of the molecule is Cc1c(OCc2cccc(-c3ccc(-c4nn[nH]n4)cc3)c2)cc2c(c1C)C(=O)C(C1CCCC1)C2.Cc1c(OCc2cccc(-c3ccc(-c4nn[nH]n4)cc3)c2)cc2c(c1C)C(=O)C(C1CCCC1)C2. The number of hydrogen-bond acceptors (Lipinski definition) is 10. The van der Waals surface area contributed by atoms with Gasteiger partial charge >= 0.3 is 0 Å². The van der Waals surface area contributed by atoms with Gasteiger partial charge in [-0.15, -0.1) is 20.4 Å². The molecule has 2 N–H and O–H groups in total. The summed E-state index contributed by atoms with van der Waals surface area (Å²) in [6.07, 6.45) is 11.6. The number of hydrogen-bond donors (Lipinski definition) is 2. The standard InChI is InChI=1S/2C30H30N4O2/c2*1-18-19(2)28-25(15-26(29(28)35)22-7-3-4-8-22)16-27(18)36-17-20-6-5-9-24(14-20)21-10-12-23(13-11-21)30-31-33-34-32-30/h2*5-6,9-14,16,22,26H,3-4,7-8,15,17H2,1-2H3,(H,31,32,33,34). The molecule has 364 valence electrons. The van der Waals surface area contributed by atoms with Crippen molar-refractivity contribution in [3.05, 3.63) is 165 Å². The molecule has 2 aromatic heterocycles. The molecule has 2 saturated carbocycles. The van der Waals surface area contributed by atoms with E-state index in [-0.39, 0.29) is 11.8 Å². The molecule has 0 bridgehead atoms. The van der Waals surface area contributed by atoms with Gasteiger partial charge in [-0.25, -0.2) is 0 Å². The summed E-state index contributed by atoms with van der Waals surface area (Å²) in [4.78, 5) is 26.5. The molecule has 2 heterocycles. The lowest BCUT2D eigenvalue weighted by molar-refractivity contribution is 0.0886. The highest BCUT2D eigenvalue weighted by atomic mass is 16.5. The first kappa shape index (κ1) is 46.8. The van der Waals surface area contributed by atoms with E-state index in [9.17, 15) is 9.59 Å². The lowest BCUT2D eigenvalue weighted by atomic mass is 9.87. The van der Waals surface area contributed by atoms with Gasteiger partial charge in [0.1, 0.15) is 24.7 Å². The molecule has 0 amide bonds. The van der Waals surface area contributed by atoms with Gasteiger partial charge in [-0.1, -0.05) is 111 Å². The molecule has 2 atom stereocenters. The maximum absolute atomic E-state index is 13.3. The third-order valence-corrected chi connectivity index (χ3v) is 16.1. The number of H-pyrrole nitrogens is 2. The third-order valence-electron chi connectivity index (χ3n) is 16.1. The first-order valence-electron chi connectivity index (χ1n) is 25.6. The van der Waals surface area contributed by atoms with Gasteiger partial charge in [-0.2, -0.15) is 10.4 Å². The lowest BCUT2D eigenvalue weighted by Gasteiger charge is -2.16. The second-order valence-electron chi connectivity index (χ2n) is 20.4. The molecule has 8 aromatic rings. The molecular weight excluding hydrogens is 897 g/mol. The van der Waals surface area contributed by atoms with Crippen LogP contribution in [0, 0.1) is 51.4 Å². The average molecular weight is 957 g/mol. The van der Waals surface area contributed by atoms with Crippen molar-refractivity contribution >= 4 is 11.6 Å². The highest BCUT2D eigenvalue weighted by molar-refractivity contribution is 6.05. The number of ether oxygens (including phenoxy) is 2. The van der Waals surface area contributed by atoms with Crippen molar-refractivity contribution < 1.29 is 19.1 Å². The molecule has 12 heteroatoms. The Hall–Kier alpha value is -7.60. The molecule has 0 saturated heterocycles. The number of nitrogens with zero attached hydrogens (tertiary/aromatic N) is 6. The van der Waals surface area contributed by atoms with Crippen LogP contribution < -0.4 is 9.47 Å². The number of ketones is 2. The van der Waals surface area contributed by atoms with Crippen molar-refractivity contribution in [2.45, 2.75) is 105 Å². The molecule has 0 radical (unpaired) electrons. The van der Waals surface area contributed by atoms with Crippen molar-refractivity contribution in [3.8, 4) is 56.5 Å². The van der Waals surface area contributed by atoms with Crippen LogP contribution in [-0.4, -0.2) is 52.8 Å². The number of Topliss-reactive ketones (excluding diaryl/α,β-unsaturated/α-hetero) is 2. The lowest BCUT2D eigenvalue weighted by Crippen LogP contribution is -2.18. The molecule has 2 unspecified atom stereocenters. The number of aromatic amines is 2. The van der Waals surface area contributed by atoms with E-state index < -0.39 is 0 Å². The fourth-order valence-corrected chi connectivity index (χ4v) is 11.9. The molecule has 6 aromatic carbocycles. The van der Waals surface area contributed by atoms with Crippen LogP contribution in [-0.2, 0) is 26.1 Å². The first-order chi connectivity index (χ1) is 35.2. The maximum Gasteiger partial charge on any atom is 0.204 e. The summed E-state index contributed by atoms with van der Waals surface area (Å²) in [6.45, 7) is 9.26. The van der Waals surface area contributed by atoms with Gasteiger partial charge < -0.3 is 9.47 Å². The van der Waals surface area contributed by atoms with Crippen molar-refractivity contribution in [1.82, 2.24) is 41.2 Å². The Labute approximate surface area is 420 Å². The smallest absolute Gasteiger partial charge is 0.204 e. The fraction of sp³-hybridized carbons (Fsp3) is 0.333. The van der Waals surface area contributed by atoms with Crippen molar-refractivity contribution in [1.29, 1.82) is 0 Å². The van der Waals surface area contributed by atoms with Crippen LogP contribution in [0.15, 0.2) is 109 Å². The molecule has 2 fully saturated rings. The van der Waals surface area contributed by atoms with Crippen molar-refractivity contribution in [3.63, 3.8) is 0 Å². The monoisotopic (exact) mass is 956 g/mol. The normalized spacial score (nSPS) is 17.5. The topological polar surface area (TPSA) is 162 Å². The van der Waals surface area contributed by atoms with Gasteiger partial charge in [-0.3, -0.25) is 9.59 Å². The Morgan fingerprint density at radius 3 is 1.24 bits per heavy atom. The fourth-order valence-electron chi connectivity index (χ4n) is 11.9. The zero-order chi connectivity index (χ0) is 49.3. The number of fused-ring (bicyclic) bond motifs is 2. The van der Waals surface area contributed by atoms with Gasteiger partial charge in [-0.05, 0) is 180 Å². The molecule has 72 heavy (non-hydrogen) atoms. The van der Waals surface area contributed by atoms with E-state index >= 15 is 0 Å². The van der Waals surface area contributed by atoms with Gasteiger partial charge in [0.2, 0.25) is 11.6 Å². The largest absolute Gasteiger partial charge is 0.489 e. The first-order valence-corrected chi connectivity index (χ1v) is 25.6. The van der Waals surface area contributed by atoms with Crippen LogP contribution in [0.1, 0.15) is 117 Å². The summed E-state index contributed by atoms with van der Waals surface area (Å²) in [5, 5.41) is 28.4. The van der Waals surface area contributed by atoms with Gasteiger partial charge in [0.05, 0.1) is 0 Å². The molecule has 0 spiro atoms. The molecule has 12 nitrogen and oxygen atoms in total. The quantitative estimate of drug-likeness (QED) is 0.121. The predicted octanol–water partition coefficient (Wildman–Crippen LogP) is 12.5. The molecule has 4 aliphatic rings. The summed E-state index contributed by atoms with van der Waals surface area (Å²) < 4.78 is 12.7. The Morgan fingerprint density at radius 1 is 0.472 bits per heavy atom. The zero-order valence-corrected chi connectivity index (χ0v) is 41.5. The minimum atomic E-state index is 0.166. The number of tetrazole rings is 2. The Bertz CT molecular complexity index is 3030. The summed E-state index contributed by atoms with van der Waals surface area (Å²) in [7, 11) is 0. The van der Waals surface area contributed by atoms with Crippen molar-refractivity contribution in [2.24, 2.45) is 23.7 Å². The number of benzene rings is 6. The Balaban J connectivity index is 0.000000156. The highest BCUT2D eigenvalue weighted by Gasteiger charge is 2.40. The van der Waals surface area contributed by atoms with E-state index in [4.69, 9.17) is 9.47 Å². The van der Waals surface area contributed by atoms with E-state index in [1.54, 1.807) is 0 Å². The third kappa shape index (κ3) is 9.38. The van der Waals surface area contributed by atoms with Crippen LogP contribution >= 0.6 is 0 Å². The number of rotatable bonds is 12. The van der Waals surface area contributed by atoms with E-state index in [1.165, 1.54) is 62.5 Å². The highest BCUT2D eigenvalue weighted by Crippen LogP contribution is 2.45. The van der Waals surface area contributed by atoms with Crippen LogP contribution in [0.4, 0.5) is 0 Å². The molecule has 4 aliphatic carbocycles. The summed E-state index contributed by atoms with van der Waals surface area (Å²) in [5.41, 5.74) is 17.1. The molecular formula is C60H60N8O4. The van der Waals surface area contributed by atoms with E-state index in [1.807, 2.05) is 24.3 Å². The average Bonchev–Trinajstić information content (AvgIpc) is 4.28. The zero-order valence-electron chi connectivity index (χ0n) is 41.5. The van der Waals surface area contributed by atoms with Crippen LogP contribution in [0.25, 0.3) is 45.0 Å². The van der Waals surface area contributed by atoms with Gasteiger partial charge in [0, 0.05) is 34.1 Å². The van der Waals surface area contributed by atoms with Crippen molar-refractivity contribution in [2.75, 3.05) is 0 Å². The second-order valence-corrected chi connectivity index (χ2v) is 20.4. The van der Waals surface area contributed by atoms with E-state index in [0.717, 1.165) is 102 Å². The van der Waals surface area contributed by atoms with E-state index in [2.05, 4.69) is 154 Å².